The molecule has 0 saturated carbocycles. The van der Waals surface area contributed by atoms with Gasteiger partial charge >= 0.3 is 0 Å². The van der Waals surface area contributed by atoms with E-state index in [1.165, 1.54) is 0 Å². The predicted octanol–water partition coefficient (Wildman–Crippen LogP) is -0.464. The highest BCUT2D eigenvalue weighted by Gasteiger charge is 2.05. The van der Waals surface area contributed by atoms with Crippen LogP contribution in [0.3, 0.4) is 0 Å². The van der Waals surface area contributed by atoms with Gasteiger partial charge in [0.1, 0.15) is 5.78 Å². The standard InChI is InChI=1S/C7H17N3O/c1-6(8)7(11)4-2-3-5-10-9/h6,10H,2-5,8-9H2,1H3. The largest absolute Gasteiger partial charge is 0.322 e. The monoisotopic (exact) mass is 159 g/mol. The molecule has 0 rings (SSSR count). The Balaban J connectivity index is 3.18. The third-order valence-corrected chi connectivity index (χ3v) is 1.50. The molecule has 11 heavy (non-hydrogen) atoms. The Hall–Kier alpha value is -0.450. The highest BCUT2D eigenvalue weighted by Crippen LogP contribution is 1.96. The van der Waals surface area contributed by atoms with Crippen LogP contribution in [-0.2, 0) is 4.79 Å². The normalized spacial score (nSPS) is 13.0. The van der Waals surface area contributed by atoms with Gasteiger partial charge in [-0.25, -0.2) is 0 Å². The van der Waals surface area contributed by atoms with E-state index in [2.05, 4.69) is 5.43 Å². The molecule has 1 unspecified atom stereocenters. The molecule has 0 radical (unpaired) electrons. The van der Waals surface area contributed by atoms with Crippen molar-refractivity contribution < 1.29 is 4.79 Å². The van der Waals surface area contributed by atoms with Crippen molar-refractivity contribution in [3.8, 4) is 0 Å². The number of hydrazine groups is 1. The topological polar surface area (TPSA) is 81.1 Å². The Morgan fingerprint density at radius 2 is 2.18 bits per heavy atom. The van der Waals surface area contributed by atoms with E-state index in [0.29, 0.717) is 6.42 Å². The second-order valence-corrected chi connectivity index (χ2v) is 2.67. The number of Topliss-reactive ketones (excluding diaryl/α,β-unsaturated/α-hetero) is 1. The summed E-state index contributed by atoms with van der Waals surface area (Å²) in [6.45, 7) is 2.47. The lowest BCUT2D eigenvalue weighted by atomic mass is 10.1. The van der Waals surface area contributed by atoms with Gasteiger partial charge in [0.25, 0.3) is 0 Å². The Bertz CT molecular complexity index is 114. The van der Waals surface area contributed by atoms with Crippen molar-refractivity contribution >= 4 is 5.78 Å². The van der Waals surface area contributed by atoms with Crippen molar-refractivity contribution in [2.45, 2.75) is 32.2 Å². The van der Waals surface area contributed by atoms with E-state index in [9.17, 15) is 4.79 Å². The first-order valence-electron chi connectivity index (χ1n) is 3.90. The Kier molecular flexibility index (Phi) is 6.02. The minimum absolute atomic E-state index is 0.127. The van der Waals surface area contributed by atoms with Crippen LogP contribution in [0.4, 0.5) is 0 Å². The molecule has 0 amide bonds. The molecule has 66 valence electrons. The summed E-state index contributed by atoms with van der Waals surface area (Å²) >= 11 is 0. The maximum Gasteiger partial charge on any atom is 0.149 e. The lowest BCUT2D eigenvalue weighted by molar-refractivity contribution is -0.120. The van der Waals surface area contributed by atoms with Crippen molar-refractivity contribution in [2.75, 3.05) is 6.54 Å². The predicted molar refractivity (Wildman–Crippen MR) is 44.7 cm³/mol. The van der Waals surface area contributed by atoms with Gasteiger partial charge in [0.2, 0.25) is 0 Å². The molecule has 0 spiro atoms. The maximum atomic E-state index is 10.9. The minimum atomic E-state index is -0.319. The smallest absolute Gasteiger partial charge is 0.149 e. The number of carbonyl (C=O) groups excluding carboxylic acids is 1. The lowest BCUT2D eigenvalue weighted by Gasteiger charge is -2.02. The molecule has 5 N–H and O–H groups in total. The highest BCUT2D eigenvalue weighted by atomic mass is 16.1. The van der Waals surface area contributed by atoms with Crippen molar-refractivity contribution in [3.63, 3.8) is 0 Å². The average Bonchev–Trinajstić information content (AvgIpc) is 1.97. The maximum absolute atomic E-state index is 10.9. The number of nitrogens with one attached hydrogen (secondary N) is 1. The number of hydrogen-bond donors (Lipinski definition) is 3. The van der Waals surface area contributed by atoms with Gasteiger partial charge in [-0.15, -0.1) is 0 Å². The SMILES string of the molecule is CC(N)C(=O)CCCCNN. The number of ketones is 1. The molecule has 4 nitrogen and oxygen atoms in total. The first-order chi connectivity index (χ1) is 5.18. The molecule has 0 aliphatic carbocycles. The third kappa shape index (κ3) is 5.97. The number of rotatable bonds is 6. The van der Waals surface area contributed by atoms with Crippen LogP contribution in [0.25, 0.3) is 0 Å². The Labute approximate surface area is 67.3 Å². The Morgan fingerprint density at radius 1 is 1.55 bits per heavy atom. The summed E-state index contributed by atoms with van der Waals surface area (Å²) in [6.07, 6.45) is 2.36. The van der Waals surface area contributed by atoms with Gasteiger partial charge in [0.15, 0.2) is 0 Å². The van der Waals surface area contributed by atoms with Gasteiger partial charge in [-0.1, -0.05) is 0 Å². The van der Waals surface area contributed by atoms with Gasteiger partial charge < -0.3 is 5.73 Å². The molecule has 0 saturated heterocycles. The van der Waals surface area contributed by atoms with E-state index in [4.69, 9.17) is 11.6 Å². The van der Waals surface area contributed by atoms with E-state index in [1.54, 1.807) is 6.92 Å². The fraction of sp³-hybridized carbons (Fsp3) is 0.857. The molecule has 0 aromatic carbocycles. The summed E-state index contributed by atoms with van der Waals surface area (Å²) in [4.78, 5) is 10.9. The summed E-state index contributed by atoms with van der Waals surface area (Å²) in [5, 5.41) is 0. The number of hydrogen-bond acceptors (Lipinski definition) is 4. The van der Waals surface area contributed by atoms with Crippen molar-refractivity contribution in [3.05, 3.63) is 0 Å². The quantitative estimate of drug-likeness (QED) is 0.278. The summed E-state index contributed by atoms with van der Waals surface area (Å²) in [6, 6.07) is -0.319. The van der Waals surface area contributed by atoms with E-state index < -0.39 is 0 Å². The Morgan fingerprint density at radius 3 is 2.64 bits per heavy atom. The lowest BCUT2D eigenvalue weighted by Crippen LogP contribution is -2.27. The van der Waals surface area contributed by atoms with Crippen molar-refractivity contribution in [2.24, 2.45) is 11.6 Å². The molecular weight excluding hydrogens is 142 g/mol. The summed E-state index contributed by atoms with van der Waals surface area (Å²) in [5.41, 5.74) is 7.89. The van der Waals surface area contributed by atoms with Gasteiger partial charge in [-0.2, -0.15) is 0 Å². The van der Waals surface area contributed by atoms with Crippen molar-refractivity contribution in [1.82, 2.24) is 5.43 Å². The fourth-order valence-electron chi connectivity index (χ4n) is 0.754. The second kappa shape index (κ2) is 6.27. The molecule has 0 heterocycles. The van der Waals surface area contributed by atoms with Crippen LogP contribution in [-0.4, -0.2) is 18.4 Å². The molecule has 0 aliphatic rings. The molecule has 0 aromatic heterocycles. The van der Waals surface area contributed by atoms with Crippen LogP contribution in [0.1, 0.15) is 26.2 Å². The molecule has 0 fully saturated rings. The van der Waals surface area contributed by atoms with Gasteiger partial charge in [-0.3, -0.25) is 16.1 Å². The zero-order valence-corrected chi connectivity index (χ0v) is 6.97. The van der Waals surface area contributed by atoms with Gasteiger partial charge in [-0.05, 0) is 19.8 Å². The number of carbonyl (C=O) groups is 1. The molecular formula is C7H17N3O. The summed E-state index contributed by atoms with van der Waals surface area (Å²) < 4.78 is 0. The van der Waals surface area contributed by atoms with Crippen LogP contribution < -0.4 is 17.0 Å². The summed E-state index contributed by atoms with van der Waals surface area (Å²) in [5.74, 6) is 5.17. The summed E-state index contributed by atoms with van der Waals surface area (Å²) in [7, 11) is 0. The van der Waals surface area contributed by atoms with Gasteiger partial charge in [0.05, 0.1) is 6.04 Å². The fourth-order valence-corrected chi connectivity index (χ4v) is 0.754. The number of unbranched alkanes of at least 4 members (excludes halogenated alkanes) is 1. The van der Waals surface area contributed by atoms with E-state index in [0.717, 1.165) is 19.4 Å². The minimum Gasteiger partial charge on any atom is -0.322 e. The van der Waals surface area contributed by atoms with Crippen LogP contribution in [0, 0.1) is 0 Å². The van der Waals surface area contributed by atoms with Crippen molar-refractivity contribution in [1.29, 1.82) is 0 Å². The average molecular weight is 159 g/mol. The van der Waals surface area contributed by atoms with Crippen LogP contribution >= 0.6 is 0 Å². The van der Waals surface area contributed by atoms with E-state index in [1.807, 2.05) is 0 Å². The molecule has 4 heteroatoms. The first kappa shape index (κ1) is 10.6. The van der Waals surface area contributed by atoms with Crippen LogP contribution in [0.15, 0.2) is 0 Å². The second-order valence-electron chi connectivity index (χ2n) is 2.67. The zero-order chi connectivity index (χ0) is 8.69. The van der Waals surface area contributed by atoms with E-state index in [-0.39, 0.29) is 11.8 Å². The first-order valence-corrected chi connectivity index (χ1v) is 3.90. The van der Waals surface area contributed by atoms with Crippen LogP contribution in [0.2, 0.25) is 0 Å². The van der Waals surface area contributed by atoms with E-state index >= 15 is 0 Å². The van der Waals surface area contributed by atoms with Crippen LogP contribution in [0.5, 0.6) is 0 Å². The molecule has 0 bridgehead atoms. The van der Waals surface area contributed by atoms with Gasteiger partial charge in [0, 0.05) is 13.0 Å². The third-order valence-electron chi connectivity index (χ3n) is 1.50. The molecule has 0 aromatic rings. The molecule has 0 aliphatic heterocycles. The zero-order valence-electron chi connectivity index (χ0n) is 6.97. The number of nitrogens with two attached hydrogens (primary N) is 2. The molecule has 1 atom stereocenters. The highest BCUT2D eigenvalue weighted by molar-refractivity contribution is 5.83.